The summed E-state index contributed by atoms with van der Waals surface area (Å²) in [4.78, 5) is 21.3. The summed E-state index contributed by atoms with van der Waals surface area (Å²) in [5.41, 5.74) is 2.47. The zero-order valence-electron chi connectivity index (χ0n) is 15.5. The van der Waals surface area contributed by atoms with Crippen molar-refractivity contribution in [2.45, 2.75) is 26.3 Å². The van der Waals surface area contributed by atoms with E-state index in [2.05, 4.69) is 47.4 Å². The van der Waals surface area contributed by atoms with Gasteiger partial charge in [0.05, 0.1) is 6.26 Å². The van der Waals surface area contributed by atoms with E-state index in [1.165, 1.54) is 28.9 Å². The van der Waals surface area contributed by atoms with E-state index in [0.717, 1.165) is 30.5 Å². The van der Waals surface area contributed by atoms with Crippen molar-refractivity contribution >= 4 is 22.6 Å². The Morgan fingerprint density at radius 2 is 2.07 bits per heavy atom. The summed E-state index contributed by atoms with van der Waals surface area (Å²) in [6.45, 7) is 6.27. The van der Waals surface area contributed by atoms with Crippen LogP contribution in [0.2, 0.25) is 0 Å². The quantitative estimate of drug-likeness (QED) is 0.692. The Morgan fingerprint density at radius 1 is 1.26 bits per heavy atom. The smallest absolute Gasteiger partial charge is 0.289 e. The fourth-order valence-corrected chi connectivity index (χ4v) is 4.03. The second-order valence-electron chi connectivity index (χ2n) is 6.93. The van der Waals surface area contributed by atoms with Gasteiger partial charge in [0.25, 0.3) is 5.91 Å². The van der Waals surface area contributed by atoms with Gasteiger partial charge in [0.2, 0.25) is 5.13 Å². The fourth-order valence-electron chi connectivity index (χ4n) is 3.31. The van der Waals surface area contributed by atoms with E-state index in [4.69, 9.17) is 9.40 Å². The van der Waals surface area contributed by atoms with Crippen LogP contribution >= 0.6 is 11.5 Å². The van der Waals surface area contributed by atoms with Crippen molar-refractivity contribution < 1.29 is 9.21 Å². The normalized spacial score (nSPS) is 17.3. The highest BCUT2D eigenvalue weighted by Gasteiger charge is 2.30. The van der Waals surface area contributed by atoms with Gasteiger partial charge in [0.15, 0.2) is 5.76 Å². The minimum atomic E-state index is -0.0514. The number of rotatable bonds is 4. The maximum atomic E-state index is 12.5. The van der Waals surface area contributed by atoms with Crippen molar-refractivity contribution in [3.63, 3.8) is 0 Å². The van der Waals surface area contributed by atoms with E-state index < -0.39 is 0 Å². The maximum absolute atomic E-state index is 12.5. The van der Waals surface area contributed by atoms with Gasteiger partial charge in [-0.3, -0.25) is 4.79 Å². The van der Waals surface area contributed by atoms with Crippen LogP contribution < -0.4 is 4.90 Å². The van der Waals surface area contributed by atoms with E-state index in [1.807, 2.05) is 4.90 Å². The van der Waals surface area contributed by atoms with Gasteiger partial charge < -0.3 is 14.2 Å². The molecule has 1 aliphatic rings. The molecule has 0 aliphatic carbocycles. The van der Waals surface area contributed by atoms with E-state index in [-0.39, 0.29) is 11.9 Å². The second kappa shape index (κ2) is 7.52. The number of piperazine rings is 1. The van der Waals surface area contributed by atoms with Gasteiger partial charge in [-0.25, -0.2) is 4.98 Å². The van der Waals surface area contributed by atoms with Crippen LogP contribution in [0.3, 0.4) is 0 Å². The third kappa shape index (κ3) is 3.88. The first-order chi connectivity index (χ1) is 13.1. The van der Waals surface area contributed by atoms with Crippen LogP contribution in [0.5, 0.6) is 0 Å². The fraction of sp³-hybridized carbons (Fsp3) is 0.350. The summed E-state index contributed by atoms with van der Waals surface area (Å²) in [6, 6.07) is 12.0. The van der Waals surface area contributed by atoms with Gasteiger partial charge >= 0.3 is 0 Å². The molecule has 0 spiro atoms. The lowest BCUT2D eigenvalue weighted by atomic mass is 10.1. The first kappa shape index (κ1) is 17.7. The van der Waals surface area contributed by atoms with Crippen molar-refractivity contribution in [2.24, 2.45) is 0 Å². The van der Waals surface area contributed by atoms with E-state index >= 15 is 0 Å². The highest BCUT2D eigenvalue weighted by molar-refractivity contribution is 7.09. The molecular formula is C20H22N4O2S. The van der Waals surface area contributed by atoms with Crippen LogP contribution in [0.25, 0.3) is 0 Å². The first-order valence-corrected chi connectivity index (χ1v) is 9.85. The minimum Gasteiger partial charge on any atom is -0.459 e. The molecule has 1 fully saturated rings. The molecule has 1 amide bonds. The zero-order valence-corrected chi connectivity index (χ0v) is 16.3. The third-order valence-corrected chi connectivity index (χ3v) is 5.65. The molecule has 0 saturated carbocycles. The van der Waals surface area contributed by atoms with Gasteiger partial charge in [-0.1, -0.05) is 29.8 Å². The highest BCUT2D eigenvalue weighted by Crippen LogP contribution is 2.23. The molecule has 2 aromatic heterocycles. The number of anilines is 1. The van der Waals surface area contributed by atoms with Gasteiger partial charge in [-0.05, 0) is 31.5 Å². The predicted molar refractivity (Wildman–Crippen MR) is 105 cm³/mol. The Labute approximate surface area is 162 Å². The van der Waals surface area contributed by atoms with E-state index in [0.29, 0.717) is 12.3 Å². The monoisotopic (exact) mass is 382 g/mol. The van der Waals surface area contributed by atoms with Crippen molar-refractivity contribution in [3.05, 3.63) is 65.4 Å². The SMILES string of the molecule is Cc1ccc(Cc2nsc(N3CCN(C(=O)c4ccco4)C(C)C3)n2)cc1. The predicted octanol–water partition coefficient (Wildman–Crippen LogP) is 3.38. The number of amides is 1. The number of aromatic nitrogens is 2. The van der Waals surface area contributed by atoms with Crippen LogP contribution in [-0.2, 0) is 6.42 Å². The summed E-state index contributed by atoms with van der Waals surface area (Å²) >= 11 is 1.43. The molecule has 0 bridgehead atoms. The maximum Gasteiger partial charge on any atom is 0.289 e. The van der Waals surface area contributed by atoms with Crippen LogP contribution in [0.15, 0.2) is 47.1 Å². The Hall–Kier alpha value is -2.67. The lowest BCUT2D eigenvalue weighted by Crippen LogP contribution is -2.54. The highest BCUT2D eigenvalue weighted by atomic mass is 32.1. The Bertz CT molecular complexity index is 904. The number of carbonyl (C=O) groups excluding carboxylic acids is 1. The van der Waals surface area contributed by atoms with Crippen LogP contribution in [0.4, 0.5) is 5.13 Å². The standard InChI is InChI=1S/C20H22N4O2S/c1-14-5-7-16(8-6-14)12-18-21-20(27-22-18)23-9-10-24(15(2)13-23)19(25)17-4-3-11-26-17/h3-8,11,15H,9-10,12-13H2,1-2H3. The summed E-state index contributed by atoms with van der Waals surface area (Å²) in [5.74, 6) is 1.19. The molecule has 3 aromatic rings. The lowest BCUT2D eigenvalue weighted by Gasteiger charge is -2.39. The molecule has 1 aliphatic heterocycles. The second-order valence-corrected chi connectivity index (χ2v) is 7.66. The molecule has 27 heavy (non-hydrogen) atoms. The van der Waals surface area contributed by atoms with Crippen LogP contribution in [-0.4, -0.2) is 45.8 Å². The van der Waals surface area contributed by atoms with Crippen molar-refractivity contribution in [1.29, 1.82) is 0 Å². The Balaban J connectivity index is 1.40. The molecule has 0 N–H and O–H groups in total. The topological polar surface area (TPSA) is 62.5 Å². The molecule has 1 saturated heterocycles. The first-order valence-electron chi connectivity index (χ1n) is 9.07. The van der Waals surface area contributed by atoms with E-state index in [9.17, 15) is 4.79 Å². The number of nitrogens with zero attached hydrogens (tertiary/aromatic N) is 4. The molecule has 0 radical (unpaired) electrons. The molecular weight excluding hydrogens is 360 g/mol. The average Bonchev–Trinajstić information content (AvgIpc) is 3.35. The number of benzene rings is 1. The summed E-state index contributed by atoms with van der Waals surface area (Å²) < 4.78 is 9.77. The molecule has 3 heterocycles. The molecule has 6 nitrogen and oxygen atoms in total. The van der Waals surface area contributed by atoms with E-state index in [1.54, 1.807) is 12.1 Å². The number of furan rings is 1. The molecule has 1 unspecified atom stereocenters. The van der Waals surface area contributed by atoms with Crippen molar-refractivity contribution in [3.8, 4) is 0 Å². The zero-order chi connectivity index (χ0) is 18.8. The van der Waals surface area contributed by atoms with Crippen LogP contribution in [0, 0.1) is 6.92 Å². The van der Waals surface area contributed by atoms with Gasteiger partial charge in [0.1, 0.15) is 5.82 Å². The largest absolute Gasteiger partial charge is 0.459 e. The third-order valence-electron chi connectivity index (χ3n) is 4.83. The average molecular weight is 382 g/mol. The molecule has 1 aromatic carbocycles. The van der Waals surface area contributed by atoms with Crippen LogP contribution in [0.1, 0.15) is 34.4 Å². The number of aryl methyl sites for hydroxylation is 1. The molecule has 140 valence electrons. The van der Waals surface area contributed by atoms with Gasteiger partial charge in [-0.15, -0.1) is 0 Å². The van der Waals surface area contributed by atoms with Gasteiger partial charge in [-0.2, -0.15) is 4.37 Å². The van der Waals surface area contributed by atoms with Crippen molar-refractivity contribution in [1.82, 2.24) is 14.3 Å². The molecule has 7 heteroatoms. The summed E-state index contributed by atoms with van der Waals surface area (Å²) in [5, 5.41) is 0.925. The lowest BCUT2D eigenvalue weighted by molar-refractivity contribution is 0.0641. The molecule has 1 atom stereocenters. The minimum absolute atomic E-state index is 0.0514. The van der Waals surface area contributed by atoms with Gasteiger partial charge in [0, 0.05) is 43.6 Å². The van der Waals surface area contributed by atoms with Crippen molar-refractivity contribution in [2.75, 3.05) is 24.5 Å². The number of hydrogen-bond donors (Lipinski definition) is 0. The summed E-state index contributed by atoms with van der Waals surface area (Å²) in [6.07, 6.45) is 2.27. The Kier molecular flexibility index (Phi) is 4.94. The summed E-state index contributed by atoms with van der Waals surface area (Å²) in [7, 11) is 0. The Morgan fingerprint density at radius 3 is 2.78 bits per heavy atom. The number of hydrogen-bond acceptors (Lipinski definition) is 6. The number of carbonyl (C=O) groups is 1. The molecule has 4 rings (SSSR count).